The van der Waals surface area contributed by atoms with Crippen LogP contribution in [0.2, 0.25) is 0 Å². The number of alkyl carbamates (subject to hydrolysis) is 3. The summed E-state index contributed by atoms with van der Waals surface area (Å²) in [5.74, 6) is -3.09. The molecule has 0 atom stereocenters. The Morgan fingerprint density at radius 1 is 0.442 bits per heavy atom. The maximum Gasteiger partial charge on any atom is 0.412 e. The highest BCUT2D eigenvalue weighted by Gasteiger charge is 2.30. The van der Waals surface area contributed by atoms with Crippen molar-refractivity contribution in [2.75, 3.05) is 136 Å². The number of amides is 6. The molecule has 104 heavy (non-hydrogen) atoms. The van der Waals surface area contributed by atoms with Crippen molar-refractivity contribution >= 4 is 105 Å². The van der Waals surface area contributed by atoms with Gasteiger partial charge in [-0.3, -0.25) is 25.0 Å². The van der Waals surface area contributed by atoms with Gasteiger partial charge < -0.3 is 91.3 Å². The summed E-state index contributed by atoms with van der Waals surface area (Å²) < 4.78 is 25.3. The number of thiophene rings is 2. The Hall–Kier alpha value is -9.27. The van der Waals surface area contributed by atoms with E-state index in [0.29, 0.717) is 132 Å². The van der Waals surface area contributed by atoms with Crippen LogP contribution in [0.15, 0.2) is 95.7 Å². The monoisotopic (exact) mass is 1490 g/mol. The smallest absolute Gasteiger partial charge is 0.412 e. The number of carbonyl (C=O) groups excluding carboxylic acids is 6. The first-order valence-electron chi connectivity index (χ1n) is 34.5. The minimum absolute atomic E-state index is 0.0166. The van der Waals surface area contributed by atoms with Crippen molar-refractivity contribution in [3.63, 3.8) is 0 Å². The van der Waals surface area contributed by atoms with E-state index in [-0.39, 0.29) is 53.4 Å². The molecule has 3 aliphatic carbocycles. The van der Waals surface area contributed by atoms with Crippen molar-refractivity contribution in [3.05, 3.63) is 101 Å². The molecule has 574 valence electrons. The average Bonchev–Trinajstić information content (AvgIpc) is 1.34. The van der Waals surface area contributed by atoms with Gasteiger partial charge in [-0.2, -0.15) is 0 Å². The van der Waals surface area contributed by atoms with Crippen LogP contribution in [-0.2, 0) is 38.1 Å². The largest absolute Gasteiger partial charge is 0.481 e. The minimum atomic E-state index is -1.00. The zero-order valence-electron chi connectivity index (χ0n) is 61.7. The second-order valence-electron chi connectivity index (χ2n) is 27.2. The van der Waals surface area contributed by atoms with E-state index in [1.807, 2.05) is 162 Å². The highest BCUT2D eigenvalue weighted by Crippen LogP contribution is 2.34. The second kappa shape index (κ2) is 45.7. The lowest BCUT2D eigenvalue weighted by atomic mass is 9.85. The van der Waals surface area contributed by atoms with Crippen LogP contribution in [0.25, 0.3) is 20.9 Å². The topological polar surface area (TPSA) is 398 Å². The number of carboxylic acids is 3. The van der Waals surface area contributed by atoms with Gasteiger partial charge in [0.2, 0.25) is 5.91 Å². The zero-order chi connectivity index (χ0) is 76.9. The molecule has 0 bridgehead atoms. The molecule has 2 heterocycles. The van der Waals surface area contributed by atoms with Crippen LogP contribution < -0.4 is 43.4 Å². The number of anilines is 5. The summed E-state index contributed by atoms with van der Waals surface area (Å²) in [6.07, 6.45) is 6.02. The number of hydrogen-bond acceptors (Lipinski definition) is 22. The standard InChI is InChI=1S/C22H30N4O3S.C15H18N2O2S.2C12H22N2O4.C12H16N2O4/c1-26(2)11-12-29-22(28)24-17-8-5-15(6-9-17)21(27)25-19-14-16(7-10-18(19)23)20-4-3-13-30-20;1-15(2,3)19-14(18)17-12-7-6-10(9-11(12)16)13-5-4-8-20-13;3*1-14(2)7-8-18-12(17)13-10-5-3-9(4-6-10)11(15)16/h3-4,7,10,13-15,17H,5-6,8-9,11-12,23H2,1-2H3,(H,24,28)(H,25,27);4-9H,16H2,1-3H3,(H,17,18);2*9-10H,3-8H2,1-2H3,(H,13,17)(H,15,16);3-6H,7-8H2,1-2H3,(H,13,17)(H,15,16). The van der Waals surface area contributed by atoms with Gasteiger partial charge in [0, 0.05) is 65.7 Å². The Bertz CT molecular complexity index is 3380. The van der Waals surface area contributed by atoms with E-state index in [4.69, 9.17) is 50.5 Å². The third-order valence-electron chi connectivity index (χ3n) is 16.3. The second-order valence-corrected chi connectivity index (χ2v) is 29.1. The van der Waals surface area contributed by atoms with Crippen molar-refractivity contribution < 1.29 is 82.2 Å². The van der Waals surface area contributed by atoms with E-state index < -0.39 is 47.9 Å². The molecule has 29 nitrogen and oxygen atoms in total. The predicted molar refractivity (Wildman–Crippen MR) is 405 cm³/mol. The van der Waals surface area contributed by atoms with E-state index in [1.165, 1.54) is 24.3 Å². The molecule has 13 N–H and O–H groups in total. The number of aromatic carboxylic acids is 1. The number of likely N-dealkylation sites (N-methyl/N-ethyl adjacent to an activating group) is 4. The van der Waals surface area contributed by atoms with Gasteiger partial charge in [0.1, 0.15) is 32.0 Å². The van der Waals surface area contributed by atoms with Crippen LogP contribution >= 0.6 is 22.7 Å². The third kappa shape index (κ3) is 35.8. The Labute approximate surface area is 618 Å². The third-order valence-corrected chi connectivity index (χ3v) is 18.1. The number of nitrogens with zero attached hydrogens (tertiary/aromatic N) is 4. The summed E-state index contributed by atoms with van der Waals surface area (Å²) in [5.41, 5.74) is 16.5. The molecule has 0 unspecified atom stereocenters. The fraction of sp³-hybridized carbons (Fsp3) is 0.521. The molecule has 3 aliphatic rings. The van der Waals surface area contributed by atoms with E-state index in [0.717, 1.165) is 46.6 Å². The zero-order valence-corrected chi connectivity index (χ0v) is 63.3. The quantitative estimate of drug-likeness (QED) is 0.0202. The van der Waals surface area contributed by atoms with Gasteiger partial charge in [0.25, 0.3) is 0 Å². The molecule has 0 aliphatic heterocycles. The molecule has 2 aromatic heterocycles. The summed E-state index contributed by atoms with van der Waals surface area (Å²) in [7, 11) is 15.3. The molecule has 8 rings (SSSR count). The summed E-state index contributed by atoms with van der Waals surface area (Å²) >= 11 is 3.29. The lowest BCUT2D eigenvalue weighted by Gasteiger charge is -2.28. The predicted octanol–water partition coefficient (Wildman–Crippen LogP) is 11.5. The van der Waals surface area contributed by atoms with Crippen molar-refractivity contribution in [1.29, 1.82) is 0 Å². The number of rotatable bonds is 24. The van der Waals surface area contributed by atoms with E-state index in [9.17, 15) is 43.2 Å². The van der Waals surface area contributed by atoms with Crippen molar-refractivity contribution in [1.82, 2.24) is 35.6 Å². The fourth-order valence-corrected chi connectivity index (χ4v) is 11.9. The molecule has 0 radical (unpaired) electrons. The number of carboxylic acid groups (broad SMARTS) is 3. The first-order chi connectivity index (χ1) is 49.2. The van der Waals surface area contributed by atoms with Crippen LogP contribution in [0.4, 0.5) is 52.4 Å². The van der Waals surface area contributed by atoms with Crippen LogP contribution in [-0.4, -0.2) is 222 Å². The van der Waals surface area contributed by atoms with Gasteiger partial charge in [-0.25, -0.2) is 28.8 Å². The SMILES string of the molecule is CC(C)(C)OC(=O)Nc1ccc(-c2cccs2)cc1N.CN(C)CCOC(=O)NC1CCC(C(=O)Nc2cc(-c3cccs3)ccc2N)CC1.CN(C)CCOC(=O)NC1CCC(C(=O)O)CC1.CN(C)CCOC(=O)NC1CCC(C(=O)O)CC1.CN(C)CCOC(=O)Nc1ccc(C(=O)O)cc1. The average molecular weight is 1490 g/mol. The summed E-state index contributed by atoms with van der Waals surface area (Å²) in [6.45, 7) is 9.56. The molecule has 6 amide bonds. The summed E-state index contributed by atoms with van der Waals surface area (Å²) in [4.78, 5) is 113. The lowest BCUT2D eigenvalue weighted by Crippen LogP contribution is -2.40. The number of carbonyl (C=O) groups is 9. The molecule has 5 aromatic rings. The first-order valence-corrected chi connectivity index (χ1v) is 36.3. The minimum Gasteiger partial charge on any atom is -0.481 e. The lowest BCUT2D eigenvalue weighted by molar-refractivity contribution is -0.143. The molecule has 31 heteroatoms. The first kappa shape index (κ1) is 87.1. The molecule has 0 spiro atoms. The number of aliphatic carboxylic acids is 2. The molecular formula is C73H108N12O17S2. The van der Waals surface area contributed by atoms with Gasteiger partial charge in [0.15, 0.2) is 0 Å². The van der Waals surface area contributed by atoms with Gasteiger partial charge in [0.05, 0.1) is 40.1 Å². The van der Waals surface area contributed by atoms with E-state index in [2.05, 4.69) is 31.9 Å². The van der Waals surface area contributed by atoms with E-state index >= 15 is 0 Å². The van der Waals surface area contributed by atoms with Gasteiger partial charge >= 0.3 is 48.4 Å². The van der Waals surface area contributed by atoms with Crippen molar-refractivity contribution in [2.24, 2.45) is 17.8 Å². The normalized spacial score (nSPS) is 17.5. The highest BCUT2D eigenvalue weighted by molar-refractivity contribution is 7.13. The van der Waals surface area contributed by atoms with Crippen LogP contribution in [0, 0.1) is 17.8 Å². The van der Waals surface area contributed by atoms with Crippen LogP contribution in [0.5, 0.6) is 0 Å². The Morgan fingerprint density at radius 2 is 0.827 bits per heavy atom. The number of nitrogens with two attached hydrogens (primary N) is 2. The number of hydrogen-bond donors (Lipinski definition) is 11. The van der Waals surface area contributed by atoms with Gasteiger partial charge in [-0.15, -0.1) is 22.7 Å². The van der Waals surface area contributed by atoms with E-state index in [1.54, 1.807) is 28.7 Å². The summed E-state index contributed by atoms with van der Waals surface area (Å²) in [6, 6.07) is 25.3. The fourth-order valence-electron chi connectivity index (χ4n) is 10.4. The van der Waals surface area contributed by atoms with Crippen molar-refractivity contribution in [3.8, 4) is 20.9 Å². The van der Waals surface area contributed by atoms with Crippen molar-refractivity contribution in [2.45, 2.75) is 122 Å². The Balaban J connectivity index is 0.000000280. The molecular weight excluding hydrogens is 1380 g/mol. The Kier molecular flexibility index (Phi) is 38.3. The molecule has 3 fully saturated rings. The summed E-state index contributed by atoms with van der Waals surface area (Å²) in [5, 5.41) is 47.1. The molecule has 3 saturated carbocycles. The number of nitrogens with one attached hydrogen (secondary N) is 6. The van der Waals surface area contributed by atoms with Crippen LogP contribution in [0.1, 0.15) is 108 Å². The number of nitrogen functional groups attached to an aromatic ring is 2. The molecule has 3 aromatic carbocycles. The Morgan fingerprint density at radius 3 is 1.18 bits per heavy atom. The molecule has 0 saturated heterocycles. The van der Waals surface area contributed by atoms with Gasteiger partial charge in [-0.1, -0.05) is 24.3 Å². The number of benzene rings is 3. The van der Waals surface area contributed by atoms with Crippen LogP contribution in [0.3, 0.4) is 0 Å². The number of ether oxygens (including phenoxy) is 5. The maximum atomic E-state index is 12.8. The maximum absolute atomic E-state index is 12.8. The van der Waals surface area contributed by atoms with Gasteiger partial charge in [-0.05, 0) is 237 Å². The highest BCUT2D eigenvalue weighted by atomic mass is 32.1.